The van der Waals surface area contributed by atoms with Crippen LogP contribution in [0.25, 0.3) is 10.9 Å². The van der Waals surface area contributed by atoms with Crippen LogP contribution < -0.4 is 16.6 Å². The summed E-state index contributed by atoms with van der Waals surface area (Å²) in [6.07, 6.45) is 4.29. The van der Waals surface area contributed by atoms with Crippen LogP contribution in [0.3, 0.4) is 0 Å². The van der Waals surface area contributed by atoms with E-state index in [0.29, 0.717) is 29.1 Å². The average molecular weight is 359 g/mol. The minimum absolute atomic E-state index is 0.0227. The molecule has 2 aromatic rings. The second-order valence-electron chi connectivity index (χ2n) is 6.83. The number of amides is 1. The van der Waals surface area contributed by atoms with Gasteiger partial charge < -0.3 is 15.0 Å². The Hall–Kier alpha value is -2.41. The normalized spacial score (nSPS) is 18.2. The molecule has 1 aliphatic rings. The highest BCUT2D eigenvalue weighted by atomic mass is 16.5. The summed E-state index contributed by atoms with van der Waals surface area (Å²) in [6, 6.07) is 4.78. The molecule has 1 fully saturated rings. The third-order valence-electron chi connectivity index (χ3n) is 4.88. The van der Waals surface area contributed by atoms with Crippen LogP contribution in [0.1, 0.15) is 49.9 Å². The van der Waals surface area contributed by atoms with Gasteiger partial charge in [-0.1, -0.05) is 0 Å². The number of fused-ring (bicyclic) bond motifs is 1. The molecule has 0 saturated carbocycles. The number of hydrogen-bond acceptors (Lipinski definition) is 4. The van der Waals surface area contributed by atoms with Crippen molar-refractivity contribution in [3.8, 4) is 0 Å². The number of aromatic amines is 1. The van der Waals surface area contributed by atoms with Crippen LogP contribution in [0, 0.1) is 0 Å². The molecule has 0 unspecified atom stereocenters. The molecule has 0 aliphatic carbocycles. The molecule has 1 aromatic carbocycles. The quantitative estimate of drug-likeness (QED) is 0.822. The van der Waals surface area contributed by atoms with E-state index in [4.69, 9.17) is 4.74 Å². The zero-order valence-electron chi connectivity index (χ0n) is 15.2. The number of nitrogens with one attached hydrogen (secondary N) is 2. The summed E-state index contributed by atoms with van der Waals surface area (Å²) < 4.78 is 6.74. The van der Waals surface area contributed by atoms with Gasteiger partial charge in [-0.15, -0.1) is 0 Å². The molecule has 7 nitrogen and oxygen atoms in total. The van der Waals surface area contributed by atoms with Crippen LogP contribution in [0.4, 0.5) is 0 Å². The first-order valence-electron chi connectivity index (χ1n) is 9.19. The molecule has 2 N–H and O–H groups in total. The molecule has 2 heterocycles. The number of ether oxygens (including phenoxy) is 1. The Labute approximate surface area is 151 Å². The predicted octanol–water partition coefficient (Wildman–Crippen LogP) is 1.79. The monoisotopic (exact) mass is 359 g/mol. The van der Waals surface area contributed by atoms with Gasteiger partial charge in [0.1, 0.15) is 0 Å². The third-order valence-corrected chi connectivity index (χ3v) is 4.88. The number of hydrogen-bond donors (Lipinski definition) is 2. The SMILES string of the molecule is CCn1c(=O)[nH]c2cc(C(=O)N[C@H](C)CC[C@H]3CCCO3)ccc2c1=O. The van der Waals surface area contributed by atoms with Crippen molar-refractivity contribution in [2.24, 2.45) is 0 Å². The van der Waals surface area contributed by atoms with Gasteiger partial charge in [0.25, 0.3) is 11.5 Å². The van der Waals surface area contributed by atoms with Gasteiger partial charge in [0.05, 0.1) is 17.0 Å². The van der Waals surface area contributed by atoms with Gasteiger partial charge in [0.15, 0.2) is 0 Å². The molecular weight excluding hydrogens is 334 g/mol. The number of rotatable bonds is 6. The van der Waals surface area contributed by atoms with Crippen LogP contribution in [-0.2, 0) is 11.3 Å². The smallest absolute Gasteiger partial charge is 0.328 e. The van der Waals surface area contributed by atoms with Crippen molar-refractivity contribution in [3.05, 3.63) is 44.6 Å². The molecule has 140 valence electrons. The van der Waals surface area contributed by atoms with E-state index in [2.05, 4.69) is 10.3 Å². The molecule has 7 heteroatoms. The van der Waals surface area contributed by atoms with Crippen molar-refractivity contribution in [1.29, 1.82) is 0 Å². The predicted molar refractivity (Wildman–Crippen MR) is 99.6 cm³/mol. The zero-order chi connectivity index (χ0) is 18.7. The fourth-order valence-electron chi connectivity index (χ4n) is 3.37. The largest absolute Gasteiger partial charge is 0.378 e. The summed E-state index contributed by atoms with van der Waals surface area (Å²) in [6.45, 7) is 4.84. The van der Waals surface area contributed by atoms with Gasteiger partial charge in [0.2, 0.25) is 0 Å². The minimum atomic E-state index is -0.465. The van der Waals surface area contributed by atoms with Gasteiger partial charge in [-0.05, 0) is 57.7 Å². The Balaban J connectivity index is 1.72. The lowest BCUT2D eigenvalue weighted by Gasteiger charge is -2.16. The van der Waals surface area contributed by atoms with Crippen LogP contribution in [0.2, 0.25) is 0 Å². The first kappa shape index (κ1) is 18.4. The van der Waals surface area contributed by atoms with Crippen LogP contribution >= 0.6 is 0 Å². The average Bonchev–Trinajstić information content (AvgIpc) is 3.13. The molecule has 0 bridgehead atoms. The molecule has 1 aliphatic heterocycles. The van der Waals surface area contributed by atoms with Crippen LogP contribution in [-0.4, -0.2) is 34.2 Å². The summed E-state index contributed by atoms with van der Waals surface area (Å²) in [4.78, 5) is 39.4. The number of carbonyl (C=O) groups excluding carboxylic acids is 1. The topological polar surface area (TPSA) is 93.2 Å². The maximum absolute atomic E-state index is 12.5. The number of benzene rings is 1. The summed E-state index contributed by atoms with van der Waals surface area (Å²) in [7, 11) is 0. The first-order chi connectivity index (χ1) is 12.5. The number of nitrogens with zero attached hydrogens (tertiary/aromatic N) is 1. The standard InChI is InChI=1S/C19H25N3O4/c1-3-22-18(24)15-9-7-13(11-16(15)21-19(22)25)17(23)20-12(2)6-8-14-5-4-10-26-14/h7,9,11-12,14H,3-6,8,10H2,1-2H3,(H,20,23)(H,21,25)/t12-,14-/m1/s1. The molecule has 0 spiro atoms. The van der Waals surface area contributed by atoms with Gasteiger partial charge in [-0.3, -0.25) is 14.2 Å². The van der Waals surface area contributed by atoms with Crippen molar-refractivity contribution in [3.63, 3.8) is 0 Å². The number of carbonyl (C=O) groups is 1. The molecule has 1 aromatic heterocycles. The van der Waals surface area contributed by atoms with Crippen molar-refractivity contribution >= 4 is 16.8 Å². The van der Waals surface area contributed by atoms with E-state index in [1.807, 2.05) is 6.92 Å². The first-order valence-corrected chi connectivity index (χ1v) is 9.19. The molecule has 1 amide bonds. The fourth-order valence-corrected chi connectivity index (χ4v) is 3.37. The van der Waals surface area contributed by atoms with E-state index in [1.165, 1.54) is 0 Å². The van der Waals surface area contributed by atoms with Gasteiger partial charge >= 0.3 is 5.69 Å². The molecule has 26 heavy (non-hydrogen) atoms. The Kier molecular flexibility index (Phi) is 5.56. The number of aromatic nitrogens is 2. The van der Waals surface area contributed by atoms with E-state index >= 15 is 0 Å². The lowest BCUT2D eigenvalue weighted by Crippen LogP contribution is -2.35. The highest BCUT2D eigenvalue weighted by molar-refractivity contribution is 5.97. The number of H-pyrrole nitrogens is 1. The maximum atomic E-state index is 12.5. The maximum Gasteiger partial charge on any atom is 0.328 e. The van der Waals surface area contributed by atoms with E-state index in [9.17, 15) is 14.4 Å². The molecular formula is C19H25N3O4. The Morgan fingerprint density at radius 3 is 2.92 bits per heavy atom. The highest BCUT2D eigenvalue weighted by Gasteiger charge is 2.18. The molecule has 3 rings (SSSR count). The van der Waals surface area contributed by atoms with E-state index in [-0.39, 0.29) is 17.5 Å². The fraction of sp³-hybridized carbons (Fsp3) is 0.526. The Morgan fingerprint density at radius 2 is 2.23 bits per heavy atom. The van der Waals surface area contributed by atoms with Crippen molar-refractivity contribution < 1.29 is 9.53 Å². The summed E-state index contributed by atoms with van der Waals surface area (Å²) in [5.41, 5.74) is -0.00856. The molecule has 1 saturated heterocycles. The van der Waals surface area contributed by atoms with E-state index in [0.717, 1.165) is 36.9 Å². The van der Waals surface area contributed by atoms with Crippen molar-refractivity contribution in [2.45, 2.75) is 58.2 Å². The second-order valence-corrected chi connectivity index (χ2v) is 6.83. The van der Waals surface area contributed by atoms with Crippen LogP contribution in [0.15, 0.2) is 27.8 Å². The molecule has 2 atom stereocenters. The summed E-state index contributed by atoms with van der Waals surface area (Å²) in [5.74, 6) is -0.216. The lowest BCUT2D eigenvalue weighted by molar-refractivity contribution is 0.0899. The van der Waals surface area contributed by atoms with E-state index < -0.39 is 5.69 Å². The summed E-state index contributed by atoms with van der Waals surface area (Å²) >= 11 is 0. The Bertz CT molecular complexity index is 909. The van der Waals surface area contributed by atoms with Gasteiger partial charge in [-0.25, -0.2) is 4.79 Å². The van der Waals surface area contributed by atoms with Crippen LogP contribution in [0.5, 0.6) is 0 Å². The summed E-state index contributed by atoms with van der Waals surface area (Å²) in [5, 5.41) is 3.36. The molecule has 0 radical (unpaired) electrons. The zero-order valence-corrected chi connectivity index (χ0v) is 15.2. The minimum Gasteiger partial charge on any atom is -0.378 e. The Morgan fingerprint density at radius 1 is 1.42 bits per heavy atom. The van der Waals surface area contributed by atoms with Crippen molar-refractivity contribution in [1.82, 2.24) is 14.9 Å². The van der Waals surface area contributed by atoms with E-state index in [1.54, 1.807) is 25.1 Å². The van der Waals surface area contributed by atoms with Gasteiger partial charge in [-0.2, -0.15) is 0 Å². The lowest BCUT2D eigenvalue weighted by atomic mass is 10.1. The van der Waals surface area contributed by atoms with Gasteiger partial charge in [0, 0.05) is 24.8 Å². The third kappa shape index (κ3) is 3.88. The highest BCUT2D eigenvalue weighted by Crippen LogP contribution is 2.18. The second kappa shape index (κ2) is 7.86. The van der Waals surface area contributed by atoms with Crippen molar-refractivity contribution in [2.75, 3.05) is 6.61 Å².